The van der Waals surface area contributed by atoms with Crippen molar-refractivity contribution in [2.75, 3.05) is 13.1 Å². The molecule has 0 fully saturated rings. The van der Waals surface area contributed by atoms with Gasteiger partial charge in [0.05, 0.1) is 16.4 Å². The molecule has 0 saturated heterocycles. The Morgan fingerprint density at radius 1 is 1.21 bits per heavy atom. The number of amides is 2. The van der Waals surface area contributed by atoms with Crippen molar-refractivity contribution in [2.24, 2.45) is 0 Å². The van der Waals surface area contributed by atoms with Crippen LogP contribution in [0, 0.1) is 19.7 Å². The van der Waals surface area contributed by atoms with E-state index in [1.54, 1.807) is 11.6 Å². The summed E-state index contributed by atoms with van der Waals surface area (Å²) in [5.41, 5.74) is 1.64. The number of carbonyl (C=O) groups excluding carboxylic acids is 2. The van der Waals surface area contributed by atoms with Crippen LogP contribution in [0.1, 0.15) is 38.3 Å². The first-order valence-corrected chi connectivity index (χ1v) is 9.07. The van der Waals surface area contributed by atoms with E-state index in [9.17, 15) is 14.0 Å². The molecule has 3 aromatic rings. The first kappa shape index (κ1) is 20.5. The van der Waals surface area contributed by atoms with Crippen molar-refractivity contribution in [3.05, 3.63) is 63.8 Å². The van der Waals surface area contributed by atoms with Gasteiger partial charge in [-0.1, -0.05) is 22.8 Å². The van der Waals surface area contributed by atoms with Crippen LogP contribution >= 0.6 is 11.6 Å². The number of halogens is 2. The second-order valence-corrected chi connectivity index (χ2v) is 6.56. The van der Waals surface area contributed by atoms with Gasteiger partial charge in [0.25, 0.3) is 5.91 Å². The summed E-state index contributed by atoms with van der Waals surface area (Å²) < 4.78 is 19.7. The molecule has 3 rings (SSSR count). The van der Waals surface area contributed by atoms with Crippen LogP contribution in [0.5, 0.6) is 0 Å². The summed E-state index contributed by atoms with van der Waals surface area (Å²) in [4.78, 5) is 28.0. The van der Waals surface area contributed by atoms with Gasteiger partial charge in [-0.05, 0) is 32.0 Å². The van der Waals surface area contributed by atoms with E-state index in [0.717, 1.165) is 11.8 Å². The van der Waals surface area contributed by atoms with E-state index < -0.39 is 17.6 Å². The van der Waals surface area contributed by atoms with Gasteiger partial charge in [0.15, 0.2) is 5.82 Å². The summed E-state index contributed by atoms with van der Waals surface area (Å²) in [5.74, 6) is -1.45. The van der Waals surface area contributed by atoms with Crippen molar-refractivity contribution in [3.63, 3.8) is 0 Å². The van der Waals surface area contributed by atoms with Crippen molar-refractivity contribution in [1.29, 1.82) is 0 Å². The van der Waals surface area contributed by atoms with Crippen LogP contribution in [0.25, 0.3) is 0 Å². The largest absolute Gasteiger partial charge is 0.350 e. The number of nitrogens with zero attached hydrogens (tertiary/aromatic N) is 4. The van der Waals surface area contributed by atoms with Crippen molar-refractivity contribution < 1.29 is 18.5 Å². The molecule has 2 aromatic heterocycles. The van der Waals surface area contributed by atoms with Crippen LogP contribution in [-0.2, 0) is 6.54 Å². The van der Waals surface area contributed by atoms with Crippen molar-refractivity contribution in [2.45, 2.75) is 20.4 Å². The minimum atomic E-state index is -0.574. The maximum atomic E-state index is 13.1. The number of hydrogen-bond donors (Lipinski definition) is 2. The van der Waals surface area contributed by atoms with Crippen LogP contribution in [0.15, 0.2) is 28.8 Å². The molecule has 0 aliphatic heterocycles. The van der Waals surface area contributed by atoms with Crippen molar-refractivity contribution in [1.82, 2.24) is 30.6 Å². The fourth-order valence-corrected chi connectivity index (χ4v) is 2.67. The lowest BCUT2D eigenvalue weighted by Gasteiger charge is -2.05. The predicted molar refractivity (Wildman–Crippen MR) is 101 cm³/mol. The molecule has 29 heavy (non-hydrogen) atoms. The molecular formula is C18H18ClFN6O3. The molecule has 0 unspecified atom stereocenters. The number of rotatable bonds is 7. The zero-order valence-corrected chi connectivity index (χ0v) is 16.5. The predicted octanol–water partition coefficient (Wildman–Crippen LogP) is 1.88. The van der Waals surface area contributed by atoms with Crippen molar-refractivity contribution >= 4 is 23.4 Å². The Hall–Kier alpha value is -3.27. The van der Waals surface area contributed by atoms with Gasteiger partial charge >= 0.3 is 11.8 Å². The van der Waals surface area contributed by atoms with E-state index >= 15 is 0 Å². The highest BCUT2D eigenvalue weighted by molar-refractivity contribution is 6.31. The van der Waals surface area contributed by atoms with Gasteiger partial charge in [0.1, 0.15) is 12.4 Å². The zero-order chi connectivity index (χ0) is 21.0. The van der Waals surface area contributed by atoms with Crippen LogP contribution in [0.3, 0.4) is 0 Å². The second-order valence-electron chi connectivity index (χ2n) is 6.18. The highest BCUT2D eigenvalue weighted by Gasteiger charge is 2.17. The standard InChI is InChI=1S/C18H18ClFN6O3/c1-10-15(19)11(2)26(24-10)9-14-23-18(29-25-14)17(28)22-7-6-21-16(27)12-4-3-5-13(20)8-12/h3-5,8H,6-7,9H2,1-2H3,(H,21,27)(H,22,28). The SMILES string of the molecule is Cc1nn(Cc2noc(C(=O)NCCNC(=O)c3cccc(F)c3)n2)c(C)c1Cl. The van der Waals surface area contributed by atoms with Gasteiger partial charge in [-0.25, -0.2) is 4.39 Å². The minimum absolute atomic E-state index is 0.130. The third-order valence-electron chi connectivity index (χ3n) is 4.03. The topological polar surface area (TPSA) is 115 Å². The van der Waals surface area contributed by atoms with Crippen LogP contribution in [-0.4, -0.2) is 44.8 Å². The smallest absolute Gasteiger partial charge is 0.316 e. The number of hydrogen-bond acceptors (Lipinski definition) is 6. The maximum absolute atomic E-state index is 13.1. The van der Waals surface area contributed by atoms with E-state index in [2.05, 4.69) is 25.9 Å². The van der Waals surface area contributed by atoms with E-state index in [1.807, 2.05) is 6.92 Å². The van der Waals surface area contributed by atoms with E-state index in [0.29, 0.717) is 10.7 Å². The summed E-state index contributed by atoms with van der Waals surface area (Å²) in [6, 6.07) is 5.31. The van der Waals surface area contributed by atoms with Crippen LogP contribution in [0.4, 0.5) is 4.39 Å². The molecule has 2 heterocycles. The third-order valence-corrected chi connectivity index (χ3v) is 4.58. The van der Waals surface area contributed by atoms with Crippen molar-refractivity contribution in [3.8, 4) is 0 Å². The average Bonchev–Trinajstić information content (AvgIpc) is 3.26. The highest BCUT2D eigenvalue weighted by atomic mass is 35.5. The molecule has 0 bridgehead atoms. The molecule has 2 N–H and O–H groups in total. The Kier molecular flexibility index (Phi) is 6.23. The monoisotopic (exact) mass is 420 g/mol. The summed E-state index contributed by atoms with van der Waals surface area (Å²) in [7, 11) is 0. The highest BCUT2D eigenvalue weighted by Crippen LogP contribution is 2.19. The van der Waals surface area contributed by atoms with Crippen LogP contribution in [0.2, 0.25) is 5.02 Å². The van der Waals surface area contributed by atoms with Crippen LogP contribution < -0.4 is 10.6 Å². The number of nitrogens with one attached hydrogen (secondary N) is 2. The Bertz CT molecular complexity index is 1050. The summed E-state index contributed by atoms with van der Waals surface area (Å²) >= 11 is 6.10. The van der Waals surface area contributed by atoms with Gasteiger partial charge in [0, 0.05) is 18.7 Å². The average molecular weight is 421 g/mol. The zero-order valence-electron chi connectivity index (χ0n) is 15.7. The summed E-state index contributed by atoms with van der Waals surface area (Å²) in [6.07, 6.45) is 0. The fraction of sp³-hybridized carbons (Fsp3) is 0.278. The maximum Gasteiger partial charge on any atom is 0.316 e. The molecule has 152 valence electrons. The number of aromatic nitrogens is 4. The van der Waals surface area contributed by atoms with Gasteiger partial charge < -0.3 is 15.2 Å². The molecule has 2 amide bonds. The second kappa shape index (κ2) is 8.82. The normalized spacial score (nSPS) is 10.8. The molecule has 0 saturated carbocycles. The molecule has 11 heteroatoms. The van der Waals surface area contributed by atoms with E-state index in [1.165, 1.54) is 18.2 Å². The molecule has 0 atom stereocenters. The first-order chi connectivity index (χ1) is 13.8. The van der Waals surface area contributed by atoms with Gasteiger partial charge in [0.2, 0.25) is 0 Å². The quantitative estimate of drug-likeness (QED) is 0.564. The Morgan fingerprint density at radius 3 is 2.59 bits per heavy atom. The lowest BCUT2D eigenvalue weighted by Crippen LogP contribution is -2.34. The molecule has 1 aromatic carbocycles. The molecule has 0 aliphatic rings. The number of carbonyl (C=O) groups is 2. The third kappa shape index (κ3) is 4.96. The Labute approximate surface area is 170 Å². The summed E-state index contributed by atoms with van der Waals surface area (Å²) in [5, 5.41) is 13.7. The lowest BCUT2D eigenvalue weighted by molar-refractivity contribution is 0.0898. The van der Waals surface area contributed by atoms with Gasteiger partial charge in [-0.15, -0.1) is 0 Å². The molecule has 0 radical (unpaired) electrons. The summed E-state index contributed by atoms with van der Waals surface area (Å²) in [6.45, 7) is 4.08. The lowest BCUT2D eigenvalue weighted by atomic mass is 10.2. The molecular weight excluding hydrogens is 403 g/mol. The molecule has 0 aliphatic carbocycles. The first-order valence-electron chi connectivity index (χ1n) is 8.69. The molecule has 0 spiro atoms. The number of aryl methyl sites for hydroxylation is 1. The van der Waals surface area contributed by atoms with E-state index in [4.69, 9.17) is 16.1 Å². The minimum Gasteiger partial charge on any atom is -0.350 e. The van der Waals surface area contributed by atoms with Gasteiger partial charge in [-0.2, -0.15) is 10.1 Å². The Balaban J connectivity index is 1.48. The van der Waals surface area contributed by atoms with Gasteiger partial charge in [-0.3, -0.25) is 14.3 Å². The fourth-order valence-electron chi connectivity index (χ4n) is 2.53. The Morgan fingerprint density at radius 2 is 1.93 bits per heavy atom. The molecule has 9 nitrogen and oxygen atoms in total. The number of benzene rings is 1. The van der Waals surface area contributed by atoms with E-state index in [-0.39, 0.29) is 36.9 Å².